The third kappa shape index (κ3) is 5.62. The van der Waals surface area contributed by atoms with Crippen molar-refractivity contribution in [2.45, 2.75) is 56.6 Å². The molecule has 0 saturated carbocycles. The van der Waals surface area contributed by atoms with Crippen LogP contribution in [0.1, 0.15) is 53.6 Å². The van der Waals surface area contributed by atoms with Crippen molar-refractivity contribution in [1.29, 1.82) is 0 Å². The number of aryl methyl sites for hydroxylation is 1. The van der Waals surface area contributed by atoms with Gasteiger partial charge in [-0.25, -0.2) is 8.42 Å². The summed E-state index contributed by atoms with van der Waals surface area (Å²) in [5, 5.41) is 0. The third-order valence-corrected chi connectivity index (χ3v) is 8.65. The number of rotatable bonds is 8. The molecule has 0 aliphatic carbocycles. The molecule has 2 aliphatic heterocycles. The molecule has 0 N–H and O–H groups in total. The van der Waals surface area contributed by atoms with Gasteiger partial charge in [-0.3, -0.25) is 4.79 Å². The molecule has 2 saturated heterocycles. The van der Waals surface area contributed by atoms with Crippen LogP contribution in [0.4, 0.5) is 0 Å². The number of carbonyl (C=O) groups excluding carboxylic acids is 1. The molecule has 0 aromatic heterocycles. The maximum Gasteiger partial charge on any atom is 0.254 e. The molecule has 2 aromatic carbocycles. The van der Waals surface area contributed by atoms with E-state index < -0.39 is 10.0 Å². The minimum absolute atomic E-state index is 0.0171. The number of hydrogen-bond donors (Lipinski definition) is 0. The molecule has 1 atom stereocenters. The van der Waals surface area contributed by atoms with E-state index in [2.05, 4.69) is 0 Å². The van der Waals surface area contributed by atoms with Gasteiger partial charge in [-0.2, -0.15) is 4.31 Å². The summed E-state index contributed by atoms with van der Waals surface area (Å²) in [5.74, 6) is 0.528. The summed E-state index contributed by atoms with van der Waals surface area (Å²) < 4.78 is 39.4. The lowest BCUT2D eigenvalue weighted by atomic mass is 10.1. The average Bonchev–Trinajstić information content (AvgIpc) is 3.37. The van der Waals surface area contributed by atoms with Gasteiger partial charge in [0.25, 0.3) is 5.91 Å². The molecule has 34 heavy (non-hydrogen) atoms. The highest BCUT2D eigenvalue weighted by Gasteiger charge is 2.29. The fourth-order valence-electron chi connectivity index (χ4n) is 4.68. The van der Waals surface area contributed by atoms with Crippen LogP contribution in [0.3, 0.4) is 0 Å². The zero-order chi connectivity index (χ0) is 24.1. The molecule has 2 aliphatic rings. The van der Waals surface area contributed by atoms with Crippen LogP contribution in [0, 0.1) is 6.92 Å². The second kappa shape index (κ2) is 10.9. The minimum atomic E-state index is -3.64. The Balaban J connectivity index is 1.63. The van der Waals surface area contributed by atoms with Gasteiger partial charge in [0, 0.05) is 38.3 Å². The first kappa shape index (κ1) is 24.7. The minimum Gasteiger partial charge on any atom is -0.497 e. The lowest BCUT2D eigenvalue weighted by Gasteiger charge is -2.28. The van der Waals surface area contributed by atoms with Crippen molar-refractivity contribution in [2.24, 2.45) is 0 Å². The molecule has 2 heterocycles. The lowest BCUT2D eigenvalue weighted by Crippen LogP contribution is -2.38. The van der Waals surface area contributed by atoms with Crippen LogP contribution < -0.4 is 4.74 Å². The molecule has 1 unspecified atom stereocenters. The van der Waals surface area contributed by atoms with Crippen LogP contribution in [0.2, 0.25) is 0 Å². The van der Waals surface area contributed by atoms with E-state index in [4.69, 9.17) is 9.47 Å². The van der Waals surface area contributed by atoms with E-state index in [0.29, 0.717) is 43.9 Å². The molecule has 0 spiro atoms. The molecular formula is C26H34N2O5S. The Morgan fingerprint density at radius 1 is 1.12 bits per heavy atom. The van der Waals surface area contributed by atoms with Gasteiger partial charge in [0.05, 0.1) is 18.1 Å². The summed E-state index contributed by atoms with van der Waals surface area (Å²) in [6.07, 6.45) is 4.65. The van der Waals surface area contributed by atoms with Crippen molar-refractivity contribution in [3.8, 4) is 5.75 Å². The Labute approximate surface area is 202 Å². The normalized spacial score (nSPS) is 19.2. The number of sulfonamides is 1. The first-order valence-corrected chi connectivity index (χ1v) is 13.5. The molecule has 0 radical (unpaired) electrons. The Morgan fingerprint density at radius 2 is 1.91 bits per heavy atom. The third-order valence-electron chi connectivity index (χ3n) is 6.61. The van der Waals surface area contributed by atoms with Crippen molar-refractivity contribution in [3.63, 3.8) is 0 Å². The van der Waals surface area contributed by atoms with E-state index in [0.717, 1.165) is 43.4 Å². The molecule has 7 nitrogen and oxygen atoms in total. The van der Waals surface area contributed by atoms with Crippen molar-refractivity contribution in [1.82, 2.24) is 9.21 Å². The lowest BCUT2D eigenvalue weighted by molar-refractivity contribution is 0.0507. The first-order chi connectivity index (χ1) is 16.4. The van der Waals surface area contributed by atoms with Crippen LogP contribution in [0.25, 0.3) is 0 Å². The number of carbonyl (C=O) groups is 1. The fourth-order valence-corrected chi connectivity index (χ4v) is 6.45. The molecule has 2 aromatic rings. The fraction of sp³-hybridized carbons (Fsp3) is 0.500. The maximum absolute atomic E-state index is 13.7. The first-order valence-electron chi connectivity index (χ1n) is 12.0. The van der Waals surface area contributed by atoms with Gasteiger partial charge in [0.1, 0.15) is 5.75 Å². The van der Waals surface area contributed by atoms with E-state index in [1.807, 2.05) is 24.3 Å². The van der Waals surface area contributed by atoms with Crippen LogP contribution in [0.15, 0.2) is 47.4 Å². The van der Waals surface area contributed by atoms with Gasteiger partial charge in [-0.05, 0) is 68.0 Å². The van der Waals surface area contributed by atoms with Gasteiger partial charge < -0.3 is 14.4 Å². The maximum atomic E-state index is 13.7. The number of hydrogen-bond acceptors (Lipinski definition) is 5. The van der Waals surface area contributed by atoms with Crippen molar-refractivity contribution < 1.29 is 22.7 Å². The molecular weight excluding hydrogens is 452 g/mol. The van der Waals surface area contributed by atoms with Crippen molar-refractivity contribution in [3.05, 3.63) is 59.2 Å². The Bertz CT molecular complexity index is 1110. The van der Waals surface area contributed by atoms with Crippen LogP contribution >= 0.6 is 0 Å². The van der Waals surface area contributed by atoms with E-state index in [1.54, 1.807) is 41.4 Å². The smallest absolute Gasteiger partial charge is 0.254 e. The average molecular weight is 487 g/mol. The Hall–Kier alpha value is -2.42. The molecule has 4 rings (SSSR count). The highest BCUT2D eigenvalue weighted by molar-refractivity contribution is 7.89. The zero-order valence-corrected chi connectivity index (χ0v) is 20.9. The molecule has 1 amide bonds. The molecule has 184 valence electrons. The Morgan fingerprint density at radius 3 is 2.62 bits per heavy atom. The van der Waals surface area contributed by atoms with Crippen LogP contribution in [0.5, 0.6) is 5.75 Å². The number of amides is 1. The van der Waals surface area contributed by atoms with Gasteiger partial charge >= 0.3 is 0 Å². The number of piperidine rings is 1. The summed E-state index contributed by atoms with van der Waals surface area (Å²) in [4.78, 5) is 15.7. The van der Waals surface area contributed by atoms with E-state index >= 15 is 0 Å². The summed E-state index contributed by atoms with van der Waals surface area (Å²) in [6, 6.07) is 12.7. The predicted octanol–water partition coefficient (Wildman–Crippen LogP) is 4.00. The summed E-state index contributed by atoms with van der Waals surface area (Å²) in [5.41, 5.74) is 1.97. The SMILES string of the molecule is COc1cccc(CN(CC2CCCO2)C(=O)c2ccc(C)c(S(=O)(=O)N3CCCCC3)c2)c1. The van der Waals surface area contributed by atoms with Gasteiger partial charge in [-0.15, -0.1) is 0 Å². The highest BCUT2D eigenvalue weighted by Crippen LogP contribution is 2.26. The molecule has 2 fully saturated rings. The quantitative estimate of drug-likeness (QED) is 0.564. The van der Waals surface area contributed by atoms with E-state index in [9.17, 15) is 13.2 Å². The largest absolute Gasteiger partial charge is 0.497 e. The summed E-state index contributed by atoms with van der Waals surface area (Å²) >= 11 is 0. The van der Waals surface area contributed by atoms with E-state index in [-0.39, 0.29) is 16.9 Å². The monoisotopic (exact) mass is 486 g/mol. The van der Waals surface area contributed by atoms with Gasteiger partial charge in [-0.1, -0.05) is 24.6 Å². The van der Waals surface area contributed by atoms with E-state index in [1.165, 1.54) is 0 Å². The number of ether oxygens (including phenoxy) is 2. The van der Waals surface area contributed by atoms with Crippen molar-refractivity contribution in [2.75, 3.05) is 33.4 Å². The van der Waals surface area contributed by atoms with Crippen LogP contribution in [-0.4, -0.2) is 63.0 Å². The predicted molar refractivity (Wildman–Crippen MR) is 130 cm³/mol. The number of nitrogens with zero attached hydrogens (tertiary/aromatic N) is 2. The zero-order valence-electron chi connectivity index (χ0n) is 20.0. The van der Waals surface area contributed by atoms with Gasteiger partial charge in [0.2, 0.25) is 10.0 Å². The molecule has 8 heteroatoms. The second-order valence-corrected chi connectivity index (χ2v) is 11.0. The second-order valence-electron chi connectivity index (χ2n) is 9.12. The highest BCUT2D eigenvalue weighted by atomic mass is 32.2. The summed E-state index contributed by atoms with van der Waals surface area (Å²) in [6.45, 7) is 4.39. The topological polar surface area (TPSA) is 76.1 Å². The van der Waals surface area contributed by atoms with Crippen molar-refractivity contribution >= 4 is 15.9 Å². The van der Waals surface area contributed by atoms with Gasteiger partial charge in [0.15, 0.2) is 0 Å². The number of benzene rings is 2. The number of methoxy groups -OCH3 is 1. The Kier molecular flexibility index (Phi) is 7.91. The molecule has 0 bridgehead atoms. The standard InChI is InChI=1S/C26H34N2O5S/c1-20-11-12-22(17-25(20)34(30,31)28-13-4-3-5-14-28)26(29)27(19-24-10-7-15-33-24)18-21-8-6-9-23(16-21)32-2/h6,8-9,11-12,16-17,24H,3-5,7,10,13-15,18-19H2,1-2H3. The van der Waals surface area contributed by atoms with Crippen LogP contribution in [-0.2, 0) is 21.3 Å². The summed E-state index contributed by atoms with van der Waals surface area (Å²) in [7, 11) is -2.03.